The third-order valence-corrected chi connectivity index (χ3v) is 4.97. The number of benzene rings is 2. The van der Waals surface area contributed by atoms with Gasteiger partial charge in [-0.2, -0.15) is 0 Å². The summed E-state index contributed by atoms with van der Waals surface area (Å²) in [5.74, 6) is 1.00. The Morgan fingerprint density at radius 1 is 1.31 bits per heavy atom. The van der Waals surface area contributed by atoms with Crippen molar-refractivity contribution in [1.29, 1.82) is 0 Å². The molecule has 138 valence electrons. The van der Waals surface area contributed by atoms with Crippen molar-refractivity contribution in [1.82, 2.24) is 0 Å². The maximum absolute atomic E-state index is 12.4. The van der Waals surface area contributed by atoms with Gasteiger partial charge in [-0.25, -0.2) is 0 Å². The van der Waals surface area contributed by atoms with Crippen LogP contribution in [-0.2, 0) is 4.74 Å². The standard InChI is InChI=1S/C19H19BrClNO4/c1-24-18-7-5-13(10-16(18)21)22-19(23)12-4-6-17(15(20)9-12)26-11-14-3-2-8-25-14/h4-7,9-10,14H,2-3,8,11H2,1H3,(H,22,23). The largest absolute Gasteiger partial charge is 0.495 e. The van der Waals surface area contributed by atoms with Crippen molar-refractivity contribution in [2.75, 3.05) is 25.6 Å². The molecule has 2 aromatic rings. The minimum absolute atomic E-state index is 0.143. The van der Waals surface area contributed by atoms with E-state index >= 15 is 0 Å². The van der Waals surface area contributed by atoms with Crippen molar-refractivity contribution in [3.05, 3.63) is 51.5 Å². The van der Waals surface area contributed by atoms with Gasteiger partial charge in [0.2, 0.25) is 0 Å². The predicted molar refractivity (Wildman–Crippen MR) is 105 cm³/mol. The Morgan fingerprint density at radius 2 is 2.12 bits per heavy atom. The molecule has 1 heterocycles. The molecule has 1 N–H and O–H groups in total. The average Bonchev–Trinajstić information content (AvgIpc) is 3.14. The van der Waals surface area contributed by atoms with Crippen molar-refractivity contribution < 1.29 is 19.0 Å². The number of rotatable bonds is 6. The molecule has 0 bridgehead atoms. The normalized spacial score (nSPS) is 16.3. The van der Waals surface area contributed by atoms with Crippen LogP contribution in [0.15, 0.2) is 40.9 Å². The number of hydrogen-bond acceptors (Lipinski definition) is 4. The van der Waals surface area contributed by atoms with Crippen LogP contribution >= 0.6 is 27.5 Å². The lowest BCUT2D eigenvalue weighted by Gasteiger charge is -2.13. The first kappa shape index (κ1) is 19.0. The first-order valence-electron chi connectivity index (χ1n) is 8.25. The van der Waals surface area contributed by atoms with E-state index in [9.17, 15) is 4.79 Å². The minimum atomic E-state index is -0.238. The predicted octanol–water partition coefficient (Wildman–Crippen LogP) is 4.92. The van der Waals surface area contributed by atoms with Crippen LogP contribution in [0, 0.1) is 0 Å². The Labute approximate surface area is 165 Å². The topological polar surface area (TPSA) is 56.8 Å². The third kappa shape index (κ3) is 4.69. The van der Waals surface area contributed by atoms with Crippen LogP contribution in [0.5, 0.6) is 11.5 Å². The number of nitrogens with one attached hydrogen (secondary N) is 1. The molecule has 1 atom stereocenters. The fraction of sp³-hybridized carbons (Fsp3) is 0.316. The fourth-order valence-corrected chi connectivity index (χ4v) is 3.42. The maximum Gasteiger partial charge on any atom is 0.255 e. The summed E-state index contributed by atoms with van der Waals surface area (Å²) in [6.07, 6.45) is 2.23. The summed E-state index contributed by atoms with van der Waals surface area (Å²) in [6, 6.07) is 10.3. The van der Waals surface area contributed by atoms with Gasteiger partial charge in [0.25, 0.3) is 5.91 Å². The molecule has 0 spiro atoms. The van der Waals surface area contributed by atoms with E-state index in [0.29, 0.717) is 34.4 Å². The molecule has 1 saturated heterocycles. The van der Waals surface area contributed by atoms with Gasteiger partial charge in [0, 0.05) is 17.9 Å². The number of hydrogen-bond donors (Lipinski definition) is 1. The van der Waals surface area contributed by atoms with Crippen molar-refractivity contribution in [2.24, 2.45) is 0 Å². The Morgan fingerprint density at radius 3 is 2.77 bits per heavy atom. The number of amides is 1. The van der Waals surface area contributed by atoms with Crippen molar-refractivity contribution in [3.63, 3.8) is 0 Å². The molecule has 1 aliphatic heterocycles. The zero-order valence-corrected chi connectivity index (χ0v) is 16.6. The summed E-state index contributed by atoms with van der Waals surface area (Å²) < 4.78 is 17.1. The lowest BCUT2D eigenvalue weighted by molar-refractivity contribution is 0.0677. The first-order chi connectivity index (χ1) is 12.6. The summed E-state index contributed by atoms with van der Waals surface area (Å²) in [4.78, 5) is 12.4. The fourth-order valence-electron chi connectivity index (χ4n) is 2.67. The number of carbonyl (C=O) groups excluding carboxylic acids is 1. The molecule has 26 heavy (non-hydrogen) atoms. The van der Waals surface area contributed by atoms with E-state index in [1.165, 1.54) is 0 Å². The van der Waals surface area contributed by atoms with Gasteiger partial charge in [0.1, 0.15) is 18.1 Å². The number of methoxy groups -OCH3 is 1. The van der Waals surface area contributed by atoms with E-state index in [0.717, 1.165) is 23.9 Å². The Balaban J connectivity index is 1.64. The first-order valence-corrected chi connectivity index (χ1v) is 9.43. The molecule has 5 nitrogen and oxygen atoms in total. The van der Waals surface area contributed by atoms with Crippen LogP contribution in [-0.4, -0.2) is 32.3 Å². The Kier molecular flexibility index (Phi) is 6.40. The monoisotopic (exact) mass is 439 g/mol. The average molecular weight is 441 g/mol. The van der Waals surface area contributed by atoms with Gasteiger partial charge in [-0.05, 0) is 65.2 Å². The second-order valence-electron chi connectivity index (χ2n) is 5.89. The van der Waals surface area contributed by atoms with E-state index < -0.39 is 0 Å². The Bertz CT molecular complexity index is 793. The summed E-state index contributed by atoms with van der Waals surface area (Å²) in [7, 11) is 1.54. The maximum atomic E-state index is 12.4. The zero-order chi connectivity index (χ0) is 18.5. The van der Waals surface area contributed by atoms with E-state index in [-0.39, 0.29) is 12.0 Å². The van der Waals surface area contributed by atoms with Crippen molar-refractivity contribution in [3.8, 4) is 11.5 Å². The third-order valence-electron chi connectivity index (χ3n) is 4.05. The molecule has 0 aliphatic carbocycles. The van der Waals surface area contributed by atoms with Crippen LogP contribution in [0.3, 0.4) is 0 Å². The minimum Gasteiger partial charge on any atom is -0.495 e. The van der Waals surface area contributed by atoms with Gasteiger partial charge in [-0.3, -0.25) is 4.79 Å². The molecular weight excluding hydrogens is 422 g/mol. The molecule has 2 aromatic carbocycles. The molecule has 3 rings (SSSR count). The summed E-state index contributed by atoms with van der Waals surface area (Å²) in [5.41, 5.74) is 1.10. The van der Waals surface area contributed by atoms with E-state index in [4.69, 9.17) is 25.8 Å². The highest BCUT2D eigenvalue weighted by atomic mass is 79.9. The molecule has 0 radical (unpaired) electrons. The highest BCUT2D eigenvalue weighted by Crippen LogP contribution is 2.29. The van der Waals surface area contributed by atoms with Gasteiger partial charge >= 0.3 is 0 Å². The van der Waals surface area contributed by atoms with Gasteiger partial charge < -0.3 is 19.5 Å². The van der Waals surface area contributed by atoms with Crippen LogP contribution in [0.4, 0.5) is 5.69 Å². The molecule has 1 aliphatic rings. The van der Waals surface area contributed by atoms with Gasteiger partial charge in [0.05, 0.1) is 22.7 Å². The summed E-state index contributed by atoms with van der Waals surface area (Å²) >= 11 is 9.54. The van der Waals surface area contributed by atoms with E-state index in [2.05, 4.69) is 21.2 Å². The highest BCUT2D eigenvalue weighted by molar-refractivity contribution is 9.10. The second-order valence-corrected chi connectivity index (χ2v) is 7.16. The summed E-state index contributed by atoms with van der Waals surface area (Å²) in [5, 5.41) is 3.25. The highest BCUT2D eigenvalue weighted by Gasteiger charge is 2.17. The molecule has 1 fully saturated rings. The molecule has 0 saturated carbocycles. The number of halogens is 2. The van der Waals surface area contributed by atoms with Gasteiger partial charge in [-0.1, -0.05) is 11.6 Å². The quantitative estimate of drug-likeness (QED) is 0.692. The van der Waals surface area contributed by atoms with Gasteiger partial charge in [0.15, 0.2) is 0 Å². The van der Waals surface area contributed by atoms with Gasteiger partial charge in [-0.15, -0.1) is 0 Å². The molecule has 0 aromatic heterocycles. The number of ether oxygens (including phenoxy) is 3. The smallest absolute Gasteiger partial charge is 0.255 e. The molecule has 1 unspecified atom stereocenters. The molecule has 7 heteroatoms. The van der Waals surface area contributed by atoms with Crippen molar-refractivity contribution in [2.45, 2.75) is 18.9 Å². The van der Waals surface area contributed by atoms with E-state index in [1.807, 2.05) is 0 Å². The zero-order valence-electron chi connectivity index (χ0n) is 14.3. The SMILES string of the molecule is COc1ccc(NC(=O)c2ccc(OCC3CCCO3)c(Br)c2)cc1Cl. The van der Waals surface area contributed by atoms with Crippen LogP contribution in [0.1, 0.15) is 23.2 Å². The number of carbonyl (C=O) groups is 1. The summed E-state index contributed by atoms with van der Waals surface area (Å²) in [6.45, 7) is 1.30. The van der Waals surface area contributed by atoms with Crippen LogP contribution < -0.4 is 14.8 Å². The molecule has 1 amide bonds. The number of anilines is 1. The lowest BCUT2D eigenvalue weighted by Crippen LogP contribution is -2.16. The second kappa shape index (κ2) is 8.75. The van der Waals surface area contributed by atoms with E-state index in [1.54, 1.807) is 43.5 Å². The van der Waals surface area contributed by atoms with Crippen LogP contribution in [0.25, 0.3) is 0 Å². The Hall–Kier alpha value is -1.76. The molecular formula is C19H19BrClNO4. The van der Waals surface area contributed by atoms with Crippen LogP contribution in [0.2, 0.25) is 5.02 Å². The lowest BCUT2D eigenvalue weighted by atomic mass is 10.2. The van der Waals surface area contributed by atoms with Crippen molar-refractivity contribution >= 4 is 39.1 Å².